The molecule has 2 N–H and O–H groups in total. The number of rotatable bonds is 5. The molecule has 1 unspecified atom stereocenters. The summed E-state index contributed by atoms with van der Waals surface area (Å²) in [6, 6.07) is 4.31. The van der Waals surface area contributed by atoms with E-state index >= 15 is 0 Å². The number of nitrogen functional groups attached to an aromatic ring is 1. The van der Waals surface area contributed by atoms with E-state index in [0.29, 0.717) is 11.9 Å². The van der Waals surface area contributed by atoms with Gasteiger partial charge in [-0.3, -0.25) is 0 Å². The van der Waals surface area contributed by atoms with E-state index in [-0.39, 0.29) is 0 Å². The summed E-state index contributed by atoms with van der Waals surface area (Å²) in [5.74, 6) is 0.543. The van der Waals surface area contributed by atoms with Crippen molar-refractivity contribution < 1.29 is 0 Å². The van der Waals surface area contributed by atoms with E-state index in [4.69, 9.17) is 5.73 Å². The molecule has 4 nitrogen and oxygen atoms in total. The highest BCUT2D eigenvalue weighted by molar-refractivity contribution is 5.61. The van der Waals surface area contributed by atoms with Crippen LogP contribution < -0.4 is 5.73 Å². The Balaban J connectivity index is 2.27. The van der Waals surface area contributed by atoms with Gasteiger partial charge in [0.2, 0.25) is 0 Å². The van der Waals surface area contributed by atoms with Crippen molar-refractivity contribution in [1.82, 2.24) is 14.5 Å². The molecular formula is C14H20N4. The number of hydrogen-bond acceptors (Lipinski definition) is 3. The molecule has 96 valence electrons. The average Bonchev–Trinajstić information content (AvgIpc) is 2.85. The van der Waals surface area contributed by atoms with Gasteiger partial charge in [0.25, 0.3) is 0 Å². The molecule has 2 rings (SSSR count). The first kappa shape index (κ1) is 12.6. The molecule has 0 saturated carbocycles. The van der Waals surface area contributed by atoms with Gasteiger partial charge in [0.05, 0.1) is 18.2 Å². The molecule has 0 spiro atoms. The van der Waals surface area contributed by atoms with Crippen molar-refractivity contribution in [2.24, 2.45) is 0 Å². The molecule has 2 heterocycles. The van der Waals surface area contributed by atoms with Crippen molar-refractivity contribution in [3.8, 4) is 11.3 Å². The minimum Gasteiger partial charge on any atom is -0.384 e. The van der Waals surface area contributed by atoms with E-state index in [1.54, 1.807) is 6.20 Å². The molecular weight excluding hydrogens is 224 g/mol. The zero-order valence-corrected chi connectivity index (χ0v) is 11.0. The summed E-state index contributed by atoms with van der Waals surface area (Å²) in [7, 11) is 0. The van der Waals surface area contributed by atoms with Crippen molar-refractivity contribution in [2.75, 3.05) is 5.73 Å². The smallest absolute Gasteiger partial charge is 0.123 e. The number of imidazole rings is 1. The SMILES string of the molecule is CCCCC(C)n1cncc1-c1ccnc(N)c1. The zero-order valence-electron chi connectivity index (χ0n) is 11.0. The van der Waals surface area contributed by atoms with Gasteiger partial charge in [0.15, 0.2) is 0 Å². The van der Waals surface area contributed by atoms with Crippen LogP contribution in [0.5, 0.6) is 0 Å². The summed E-state index contributed by atoms with van der Waals surface area (Å²) in [5, 5.41) is 0. The number of nitrogens with zero attached hydrogens (tertiary/aromatic N) is 3. The standard InChI is InChI=1S/C14H20N4/c1-3-4-5-11(2)18-10-16-9-13(18)12-6-7-17-14(15)8-12/h6-11H,3-5H2,1-2H3,(H2,15,17). The summed E-state index contributed by atoms with van der Waals surface area (Å²) in [6.07, 6.45) is 9.14. The van der Waals surface area contributed by atoms with Crippen LogP contribution in [-0.2, 0) is 0 Å². The van der Waals surface area contributed by atoms with E-state index in [9.17, 15) is 0 Å². The maximum absolute atomic E-state index is 5.73. The summed E-state index contributed by atoms with van der Waals surface area (Å²) in [4.78, 5) is 8.28. The number of nitrogens with two attached hydrogens (primary N) is 1. The molecule has 1 atom stereocenters. The Bertz CT molecular complexity index is 504. The largest absolute Gasteiger partial charge is 0.384 e. The maximum Gasteiger partial charge on any atom is 0.123 e. The van der Waals surface area contributed by atoms with Gasteiger partial charge in [0.1, 0.15) is 5.82 Å². The maximum atomic E-state index is 5.73. The molecule has 4 heteroatoms. The molecule has 2 aromatic heterocycles. The Kier molecular flexibility index (Phi) is 3.97. The summed E-state index contributed by atoms with van der Waals surface area (Å²) in [6.45, 7) is 4.44. The summed E-state index contributed by atoms with van der Waals surface area (Å²) in [5.41, 5.74) is 7.91. The fourth-order valence-electron chi connectivity index (χ4n) is 2.13. The third kappa shape index (κ3) is 2.70. The third-order valence-electron chi connectivity index (χ3n) is 3.19. The second-order valence-electron chi connectivity index (χ2n) is 4.65. The summed E-state index contributed by atoms with van der Waals surface area (Å²) < 4.78 is 2.21. The zero-order chi connectivity index (χ0) is 13.0. The minimum atomic E-state index is 0.455. The first-order chi connectivity index (χ1) is 8.72. The van der Waals surface area contributed by atoms with Crippen LogP contribution in [0.15, 0.2) is 30.9 Å². The van der Waals surface area contributed by atoms with Gasteiger partial charge in [-0.2, -0.15) is 0 Å². The van der Waals surface area contributed by atoms with Crippen LogP contribution in [0.3, 0.4) is 0 Å². The highest BCUT2D eigenvalue weighted by Gasteiger charge is 2.11. The lowest BCUT2D eigenvalue weighted by molar-refractivity contribution is 0.488. The van der Waals surface area contributed by atoms with Gasteiger partial charge >= 0.3 is 0 Å². The van der Waals surface area contributed by atoms with Crippen molar-refractivity contribution in [3.05, 3.63) is 30.9 Å². The second-order valence-corrected chi connectivity index (χ2v) is 4.65. The molecule has 0 aliphatic rings. The highest BCUT2D eigenvalue weighted by Crippen LogP contribution is 2.25. The van der Waals surface area contributed by atoms with Gasteiger partial charge in [-0.05, 0) is 25.5 Å². The van der Waals surface area contributed by atoms with E-state index in [0.717, 1.165) is 11.3 Å². The molecule has 0 amide bonds. The Labute approximate surface area is 108 Å². The fraction of sp³-hybridized carbons (Fsp3) is 0.429. The van der Waals surface area contributed by atoms with Crippen LogP contribution in [0.1, 0.15) is 39.2 Å². The van der Waals surface area contributed by atoms with Crippen molar-refractivity contribution in [3.63, 3.8) is 0 Å². The van der Waals surface area contributed by atoms with E-state index < -0.39 is 0 Å². The van der Waals surface area contributed by atoms with Crippen molar-refractivity contribution in [1.29, 1.82) is 0 Å². The summed E-state index contributed by atoms with van der Waals surface area (Å²) >= 11 is 0. The Morgan fingerprint density at radius 3 is 3.00 bits per heavy atom. The Hall–Kier alpha value is -1.84. The molecule has 0 bridgehead atoms. The second kappa shape index (κ2) is 5.67. The van der Waals surface area contributed by atoms with Crippen LogP contribution in [-0.4, -0.2) is 14.5 Å². The van der Waals surface area contributed by atoms with Crippen LogP contribution >= 0.6 is 0 Å². The van der Waals surface area contributed by atoms with Crippen LogP contribution in [0.2, 0.25) is 0 Å². The van der Waals surface area contributed by atoms with Crippen molar-refractivity contribution >= 4 is 5.82 Å². The average molecular weight is 244 g/mol. The number of anilines is 1. The lowest BCUT2D eigenvalue weighted by atomic mass is 10.1. The van der Waals surface area contributed by atoms with Crippen LogP contribution in [0.4, 0.5) is 5.82 Å². The third-order valence-corrected chi connectivity index (χ3v) is 3.19. The molecule has 0 aliphatic heterocycles. The molecule has 18 heavy (non-hydrogen) atoms. The monoisotopic (exact) mass is 244 g/mol. The molecule has 2 aromatic rings. The van der Waals surface area contributed by atoms with Gasteiger partial charge in [-0.1, -0.05) is 19.8 Å². The molecule has 0 aromatic carbocycles. The molecule has 0 saturated heterocycles. The lowest BCUT2D eigenvalue weighted by Crippen LogP contribution is -2.05. The first-order valence-corrected chi connectivity index (χ1v) is 6.46. The van der Waals surface area contributed by atoms with E-state index in [1.165, 1.54) is 19.3 Å². The van der Waals surface area contributed by atoms with Gasteiger partial charge in [0, 0.05) is 17.8 Å². The normalized spacial score (nSPS) is 12.6. The predicted octanol–water partition coefficient (Wildman–Crippen LogP) is 3.28. The molecule has 0 fully saturated rings. The molecule has 0 aliphatic carbocycles. The van der Waals surface area contributed by atoms with Crippen LogP contribution in [0.25, 0.3) is 11.3 Å². The Morgan fingerprint density at radius 2 is 2.28 bits per heavy atom. The highest BCUT2D eigenvalue weighted by atomic mass is 15.1. The van der Waals surface area contributed by atoms with E-state index in [2.05, 4.69) is 28.4 Å². The minimum absolute atomic E-state index is 0.455. The predicted molar refractivity (Wildman–Crippen MR) is 74.1 cm³/mol. The molecule has 0 radical (unpaired) electrons. The number of pyridine rings is 1. The van der Waals surface area contributed by atoms with Gasteiger partial charge in [-0.15, -0.1) is 0 Å². The van der Waals surface area contributed by atoms with Gasteiger partial charge in [-0.25, -0.2) is 9.97 Å². The van der Waals surface area contributed by atoms with Crippen molar-refractivity contribution in [2.45, 2.75) is 39.2 Å². The first-order valence-electron chi connectivity index (χ1n) is 6.46. The van der Waals surface area contributed by atoms with Gasteiger partial charge < -0.3 is 10.3 Å². The van der Waals surface area contributed by atoms with Crippen LogP contribution in [0, 0.1) is 0 Å². The number of unbranched alkanes of at least 4 members (excludes halogenated alkanes) is 1. The topological polar surface area (TPSA) is 56.7 Å². The number of hydrogen-bond donors (Lipinski definition) is 1. The Morgan fingerprint density at radius 1 is 1.44 bits per heavy atom. The quantitative estimate of drug-likeness (QED) is 0.878. The van der Waals surface area contributed by atoms with E-state index in [1.807, 2.05) is 24.7 Å². The lowest BCUT2D eigenvalue weighted by Gasteiger charge is -2.16. The fourth-order valence-corrected chi connectivity index (χ4v) is 2.13. The number of aromatic nitrogens is 3.